The van der Waals surface area contributed by atoms with Crippen molar-refractivity contribution in [2.45, 2.75) is 12.8 Å². The van der Waals surface area contributed by atoms with Gasteiger partial charge >= 0.3 is 0 Å². The lowest BCUT2D eigenvalue weighted by Crippen LogP contribution is -2.37. The number of piperidine rings is 1. The second kappa shape index (κ2) is 8.39. The molecule has 0 aliphatic carbocycles. The van der Waals surface area contributed by atoms with Crippen LogP contribution < -0.4 is 0 Å². The summed E-state index contributed by atoms with van der Waals surface area (Å²) in [5.74, 6) is 1.58. The van der Waals surface area contributed by atoms with Gasteiger partial charge in [-0.25, -0.2) is 0 Å². The number of rotatable bonds is 7. The number of ether oxygens (including phenoxy) is 2. The van der Waals surface area contributed by atoms with Gasteiger partial charge in [0.25, 0.3) is 0 Å². The van der Waals surface area contributed by atoms with E-state index in [1.807, 2.05) is 0 Å². The summed E-state index contributed by atoms with van der Waals surface area (Å²) in [7, 11) is 1.79. The Morgan fingerprint density at radius 3 is 2.60 bits per heavy atom. The minimum Gasteiger partial charge on any atom is -0.384 e. The molecule has 0 amide bonds. The van der Waals surface area contributed by atoms with Gasteiger partial charge in [-0.1, -0.05) is 0 Å². The largest absolute Gasteiger partial charge is 0.384 e. The van der Waals surface area contributed by atoms with Crippen molar-refractivity contribution in [1.29, 1.82) is 0 Å². The van der Waals surface area contributed by atoms with Gasteiger partial charge in [0.05, 0.1) is 13.2 Å². The van der Waals surface area contributed by atoms with Crippen LogP contribution in [0.2, 0.25) is 0 Å². The third-order valence-electron chi connectivity index (χ3n) is 2.90. The number of methoxy groups -OCH3 is 1. The molecule has 1 saturated heterocycles. The molecule has 0 spiro atoms. The molecule has 0 saturated carbocycles. The molecule has 0 bridgehead atoms. The quantitative estimate of drug-likeness (QED) is 0.529. The predicted molar refractivity (Wildman–Crippen MR) is 65.7 cm³/mol. The molecule has 0 unspecified atom stereocenters. The van der Waals surface area contributed by atoms with Gasteiger partial charge in [-0.3, -0.25) is 0 Å². The molecule has 1 aliphatic rings. The Morgan fingerprint density at radius 2 is 2.00 bits per heavy atom. The average molecular weight is 233 g/mol. The van der Waals surface area contributed by atoms with Crippen molar-refractivity contribution in [3.05, 3.63) is 0 Å². The van der Waals surface area contributed by atoms with Crippen LogP contribution in [0.3, 0.4) is 0 Å². The molecule has 15 heavy (non-hydrogen) atoms. The van der Waals surface area contributed by atoms with E-state index < -0.39 is 0 Å². The molecular weight excluding hydrogens is 210 g/mol. The van der Waals surface area contributed by atoms with Crippen LogP contribution in [0.4, 0.5) is 0 Å². The van der Waals surface area contributed by atoms with Gasteiger partial charge in [0.2, 0.25) is 0 Å². The number of thiol groups is 1. The lowest BCUT2D eigenvalue weighted by atomic mass is 9.98. The van der Waals surface area contributed by atoms with Crippen molar-refractivity contribution in [2.24, 2.45) is 5.92 Å². The molecule has 0 aromatic carbocycles. The van der Waals surface area contributed by atoms with Gasteiger partial charge in [0.15, 0.2) is 0 Å². The summed E-state index contributed by atoms with van der Waals surface area (Å²) in [4.78, 5) is 2.48. The molecular formula is C11H23NO2S. The molecule has 90 valence electrons. The highest BCUT2D eigenvalue weighted by Crippen LogP contribution is 2.16. The van der Waals surface area contributed by atoms with Crippen molar-refractivity contribution in [3.63, 3.8) is 0 Å². The number of nitrogens with zero attached hydrogens (tertiary/aromatic N) is 1. The third-order valence-corrected chi connectivity index (χ3v) is 3.08. The SMILES string of the molecule is COCC1CCN(CCOCCS)CC1. The van der Waals surface area contributed by atoms with E-state index in [1.165, 1.54) is 25.9 Å². The zero-order chi connectivity index (χ0) is 10.9. The topological polar surface area (TPSA) is 21.7 Å². The summed E-state index contributed by atoms with van der Waals surface area (Å²) >= 11 is 4.10. The smallest absolute Gasteiger partial charge is 0.0593 e. The van der Waals surface area contributed by atoms with Gasteiger partial charge < -0.3 is 14.4 Å². The van der Waals surface area contributed by atoms with Gasteiger partial charge in [-0.05, 0) is 31.8 Å². The number of likely N-dealkylation sites (tertiary alicyclic amines) is 1. The molecule has 3 nitrogen and oxygen atoms in total. The number of hydrogen-bond donors (Lipinski definition) is 1. The second-order valence-corrected chi connectivity index (χ2v) is 4.52. The van der Waals surface area contributed by atoms with E-state index in [9.17, 15) is 0 Å². The van der Waals surface area contributed by atoms with E-state index in [2.05, 4.69) is 17.5 Å². The summed E-state index contributed by atoms with van der Waals surface area (Å²) < 4.78 is 10.6. The summed E-state index contributed by atoms with van der Waals surface area (Å²) in [5.41, 5.74) is 0. The first kappa shape index (κ1) is 13.3. The van der Waals surface area contributed by atoms with Crippen LogP contribution in [0.5, 0.6) is 0 Å². The Balaban J connectivity index is 1.99. The predicted octanol–water partition coefficient (Wildman–Crippen LogP) is 1.29. The molecule has 0 radical (unpaired) electrons. The molecule has 1 rings (SSSR count). The maximum Gasteiger partial charge on any atom is 0.0593 e. The van der Waals surface area contributed by atoms with Crippen molar-refractivity contribution < 1.29 is 9.47 Å². The highest BCUT2D eigenvalue weighted by Gasteiger charge is 2.18. The van der Waals surface area contributed by atoms with Crippen molar-refractivity contribution >= 4 is 12.6 Å². The Hall–Kier alpha value is 0.230. The molecule has 0 aromatic heterocycles. The van der Waals surface area contributed by atoms with E-state index in [0.717, 1.165) is 38.0 Å². The average Bonchev–Trinajstić information content (AvgIpc) is 2.27. The summed E-state index contributed by atoms with van der Waals surface area (Å²) in [6.45, 7) is 5.98. The van der Waals surface area contributed by atoms with Gasteiger partial charge in [-0.2, -0.15) is 12.6 Å². The van der Waals surface area contributed by atoms with Crippen LogP contribution in [0.1, 0.15) is 12.8 Å². The van der Waals surface area contributed by atoms with E-state index in [0.29, 0.717) is 0 Å². The summed E-state index contributed by atoms with van der Waals surface area (Å²) in [6.07, 6.45) is 2.53. The lowest BCUT2D eigenvalue weighted by Gasteiger charge is -2.31. The molecule has 0 N–H and O–H groups in total. The van der Waals surface area contributed by atoms with Gasteiger partial charge in [-0.15, -0.1) is 0 Å². The van der Waals surface area contributed by atoms with E-state index in [-0.39, 0.29) is 0 Å². The fourth-order valence-electron chi connectivity index (χ4n) is 1.97. The molecule has 1 fully saturated rings. The fraction of sp³-hybridized carbons (Fsp3) is 1.00. The first-order valence-corrected chi connectivity index (χ1v) is 6.40. The summed E-state index contributed by atoms with van der Waals surface area (Å²) in [6, 6.07) is 0. The highest BCUT2D eigenvalue weighted by molar-refractivity contribution is 7.80. The Bertz CT molecular complexity index is 147. The molecule has 0 aromatic rings. The van der Waals surface area contributed by atoms with Crippen molar-refractivity contribution in [3.8, 4) is 0 Å². The molecule has 1 heterocycles. The first-order valence-electron chi connectivity index (χ1n) is 5.76. The van der Waals surface area contributed by atoms with E-state index >= 15 is 0 Å². The van der Waals surface area contributed by atoms with Crippen molar-refractivity contribution in [1.82, 2.24) is 4.90 Å². The minimum absolute atomic E-state index is 0.767. The normalized spacial score (nSPS) is 19.6. The number of hydrogen-bond acceptors (Lipinski definition) is 4. The van der Waals surface area contributed by atoms with Crippen molar-refractivity contribution in [2.75, 3.05) is 52.3 Å². The Morgan fingerprint density at radius 1 is 1.27 bits per heavy atom. The van der Waals surface area contributed by atoms with E-state index in [4.69, 9.17) is 9.47 Å². The minimum atomic E-state index is 0.767. The molecule has 4 heteroatoms. The maximum absolute atomic E-state index is 5.42. The first-order chi connectivity index (χ1) is 7.36. The standard InChI is InChI=1S/C11H23NO2S/c1-13-10-11-2-4-12(5-3-11)6-7-14-8-9-15/h11,15H,2-10H2,1H3. The van der Waals surface area contributed by atoms with E-state index in [1.54, 1.807) is 7.11 Å². The lowest BCUT2D eigenvalue weighted by molar-refractivity contribution is 0.0736. The van der Waals surface area contributed by atoms with Crippen LogP contribution in [0.15, 0.2) is 0 Å². The van der Waals surface area contributed by atoms with Crippen LogP contribution in [0, 0.1) is 5.92 Å². The molecule has 1 aliphatic heterocycles. The zero-order valence-corrected chi connectivity index (χ0v) is 10.5. The summed E-state index contributed by atoms with van der Waals surface area (Å²) in [5, 5.41) is 0. The molecule has 0 atom stereocenters. The van der Waals surface area contributed by atoms with Crippen LogP contribution in [0.25, 0.3) is 0 Å². The second-order valence-electron chi connectivity index (χ2n) is 4.08. The highest BCUT2D eigenvalue weighted by atomic mass is 32.1. The zero-order valence-electron chi connectivity index (χ0n) is 9.65. The third kappa shape index (κ3) is 5.76. The Labute approximate surface area is 98.5 Å². The fourth-order valence-corrected chi connectivity index (χ4v) is 2.10. The van der Waals surface area contributed by atoms with Gasteiger partial charge in [0.1, 0.15) is 0 Å². The van der Waals surface area contributed by atoms with Crippen LogP contribution in [-0.4, -0.2) is 57.2 Å². The van der Waals surface area contributed by atoms with Crippen LogP contribution in [-0.2, 0) is 9.47 Å². The Kier molecular flexibility index (Phi) is 7.44. The monoisotopic (exact) mass is 233 g/mol. The van der Waals surface area contributed by atoms with Gasteiger partial charge in [0, 0.05) is 26.0 Å². The van der Waals surface area contributed by atoms with Crippen LogP contribution >= 0.6 is 12.6 Å². The maximum atomic E-state index is 5.42.